The van der Waals surface area contributed by atoms with Crippen LogP contribution in [0.4, 0.5) is 8.78 Å². The number of carbonyl (C=O) groups excluding carboxylic acids is 1. The summed E-state index contributed by atoms with van der Waals surface area (Å²) in [5, 5.41) is 8.56. The maximum atomic E-state index is 12.6. The summed E-state index contributed by atoms with van der Waals surface area (Å²) in [5.74, 6) is -0.203. The van der Waals surface area contributed by atoms with Crippen LogP contribution in [0.2, 0.25) is 0 Å². The van der Waals surface area contributed by atoms with Gasteiger partial charge in [0.15, 0.2) is 12.0 Å². The molecule has 0 unspecified atom stereocenters. The highest BCUT2D eigenvalue weighted by Gasteiger charge is 2.22. The molecule has 0 amide bonds. The molecular weight excluding hydrogens is 206 g/mol. The highest BCUT2D eigenvalue weighted by molar-refractivity contribution is 5.81. The first-order valence-corrected chi connectivity index (χ1v) is 3.86. The van der Waals surface area contributed by atoms with Crippen LogP contribution in [0.15, 0.2) is 6.20 Å². The van der Waals surface area contributed by atoms with E-state index >= 15 is 0 Å². The predicted octanol–water partition coefficient (Wildman–Crippen LogP) is 1.71. The number of aldehydes is 1. The van der Waals surface area contributed by atoms with Crippen LogP contribution in [0.5, 0.6) is 5.75 Å². The second kappa shape index (κ2) is 4.46. The molecule has 1 aromatic heterocycles. The van der Waals surface area contributed by atoms with Crippen LogP contribution < -0.4 is 4.74 Å². The van der Waals surface area contributed by atoms with Gasteiger partial charge in [-0.25, -0.2) is 13.8 Å². The van der Waals surface area contributed by atoms with Crippen molar-refractivity contribution in [2.45, 2.75) is 6.43 Å². The summed E-state index contributed by atoms with van der Waals surface area (Å²) in [5.41, 5.74) is -1.35. The summed E-state index contributed by atoms with van der Waals surface area (Å²) in [7, 11) is 1.18. The van der Waals surface area contributed by atoms with Gasteiger partial charge in [0.25, 0.3) is 6.43 Å². The van der Waals surface area contributed by atoms with Crippen molar-refractivity contribution in [2.75, 3.05) is 7.11 Å². The molecule has 0 aliphatic heterocycles. The molecule has 4 nitrogen and oxygen atoms in total. The number of alkyl halides is 2. The molecule has 0 saturated heterocycles. The number of hydrogen-bond acceptors (Lipinski definition) is 4. The smallest absolute Gasteiger partial charge is 0.268 e. The molecule has 0 aliphatic rings. The molecule has 78 valence electrons. The summed E-state index contributed by atoms with van der Waals surface area (Å²) in [6, 6.07) is 1.56. The zero-order valence-electron chi connectivity index (χ0n) is 7.70. The average Bonchev–Trinajstić information content (AvgIpc) is 2.26. The normalized spacial score (nSPS) is 9.80. The lowest BCUT2D eigenvalue weighted by molar-refractivity contribution is 0.110. The second-order valence-corrected chi connectivity index (χ2v) is 2.53. The average molecular weight is 212 g/mol. The van der Waals surface area contributed by atoms with E-state index in [0.29, 0.717) is 0 Å². The summed E-state index contributed by atoms with van der Waals surface area (Å²) in [6.07, 6.45) is -1.72. The minimum absolute atomic E-state index is 0.176. The molecule has 0 fully saturated rings. The highest BCUT2D eigenvalue weighted by atomic mass is 19.3. The molecule has 0 radical (unpaired) electrons. The van der Waals surface area contributed by atoms with E-state index in [1.54, 1.807) is 6.07 Å². The number of halogens is 2. The SMILES string of the molecule is COc1cnc(C#N)c(C=O)c1C(F)F. The van der Waals surface area contributed by atoms with Crippen LogP contribution in [-0.2, 0) is 0 Å². The molecule has 1 rings (SSSR count). The Balaban J connectivity index is 3.53. The fourth-order valence-electron chi connectivity index (χ4n) is 1.12. The minimum Gasteiger partial charge on any atom is -0.495 e. The summed E-state index contributed by atoms with van der Waals surface area (Å²) in [4.78, 5) is 14.1. The van der Waals surface area contributed by atoms with Gasteiger partial charge in [-0.1, -0.05) is 0 Å². The van der Waals surface area contributed by atoms with Crippen LogP contribution in [-0.4, -0.2) is 18.4 Å². The highest BCUT2D eigenvalue weighted by Crippen LogP contribution is 2.31. The molecule has 0 spiro atoms. The Morgan fingerprint density at radius 2 is 2.33 bits per heavy atom. The monoisotopic (exact) mass is 212 g/mol. The van der Waals surface area contributed by atoms with Crippen molar-refractivity contribution in [3.8, 4) is 11.8 Å². The van der Waals surface area contributed by atoms with Gasteiger partial charge < -0.3 is 4.74 Å². The number of hydrogen-bond donors (Lipinski definition) is 0. The Labute approximate surface area is 84.1 Å². The lowest BCUT2D eigenvalue weighted by Gasteiger charge is -2.09. The lowest BCUT2D eigenvalue weighted by atomic mass is 10.1. The zero-order valence-corrected chi connectivity index (χ0v) is 7.70. The Morgan fingerprint density at radius 3 is 2.73 bits per heavy atom. The molecule has 15 heavy (non-hydrogen) atoms. The lowest BCUT2D eigenvalue weighted by Crippen LogP contribution is -2.03. The maximum absolute atomic E-state index is 12.6. The Hall–Kier alpha value is -2.03. The Bertz CT molecular complexity index is 427. The van der Waals surface area contributed by atoms with Crippen molar-refractivity contribution in [2.24, 2.45) is 0 Å². The standard InChI is InChI=1S/C9H6F2N2O2/c1-15-7-3-13-6(2-12)5(4-14)8(7)9(10)11/h3-4,9H,1H3. The molecule has 0 N–H and O–H groups in total. The number of ether oxygens (including phenoxy) is 1. The minimum atomic E-state index is -2.89. The third-order valence-electron chi connectivity index (χ3n) is 1.78. The summed E-state index contributed by atoms with van der Waals surface area (Å²) >= 11 is 0. The van der Waals surface area contributed by atoms with Crippen molar-refractivity contribution in [1.29, 1.82) is 5.26 Å². The number of rotatable bonds is 3. The molecule has 0 bridgehead atoms. The summed E-state index contributed by atoms with van der Waals surface area (Å²) in [6.45, 7) is 0. The van der Waals surface area contributed by atoms with E-state index in [0.717, 1.165) is 6.20 Å². The van der Waals surface area contributed by atoms with Crippen LogP contribution >= 0.6 is 0 Å². The van der Waals surface area contributed by atoms with Crippen LogP contribution in [0, 0.1) is 11.3 Å². The van der Waals surface area contributed by atoms with Crippen LogP contribution in [0.25, 0.3) is 0 Å². The third kappa shape index (κ3) is 1.91. The van der Waals surface area contributed by atoms with Gasteiger partial charge in [0.05, 0.1) is 24.4 Å². The number of aromatic nitrogens is 1. The van der Waals surface area contributed by atoms with E-state index in [2.05, 4.69) is 9.72 Å². The Kier molecular flexibility index (Phi) is 3.29. The molecule has 1 heterocycles. The molecule has 6 heteroatoms. The first kappa shape index (κ1) is 11.0. The van der Waals surface area contributed by atoms with E-state index in [1.165, 1.54) is 7.11 Å². The van der Waals surface area contributed by atoms with Crippen molar-refractivity contribution in [1.82, 2.24) is 4.98 Å². The van der Waals surface area contributed by atoms with E-state index in [9.17, 15) is 13.6 Å². The number of methoxy groups -OCH3 is 1. The van der Waals surface area contributed by atoms with E-state index in [1.807, 2.05) is 0 Å². The largest absolute Gasteiger partial charge is 0.495 e. The topological polar surface area (TPSA) is 63.0 Å². The quantitative estimate of drug-likeness (QED) is 0.715. The first-order valence-electron chi connectivity index (χ1n) is 3.86. The first-order chi connectivity index (χ1) is 7.15. The van der Waals surface area contributed by atoms with Crippen LogP contribution in [0.3, 0.4) is 0 Å². The van der Waals surface area contributed by atoms with E-state index in [-0.39, 0.29) is 17.7 Å². The number of carbonyl (C=O) groups is 1. The van der Waals surface area contributed by atoms with Crippen LogP contribution in [0.1, 0.15) is 28.0 Å². The fourth-order valence-corrected chi connectivity index (χ4v) is 1.12. The fraction of sp³-hybridized carbons (Fsp3) is 0.222. The van der Waals surface area contributed by atoms with Gasteiger partial charge >= 0.3 is 0 Å². The van der Waals surface area contributed by atoms with Gasteiger partial charge in [-0.3, -0.25) is 4.79 Å². The molecule has 0 aromatic carbocycles. The van der Waals surface area contributed by atoms with Gasteiger partial charge in [-0.05, 0) is 0 Å². The molecule has 1 aromatic rings. The second-order valence-electron chi connectivity index (χ2n) is 2.53. The van der Waals surface area contributed by atoms with E-state index < -0.39 is 17.6 Å². The van der Waals surface area contributed by atoms with Crippen molar-refractivity contribution in [3.63, 3.8) is 0 Å². The van der Waals surface area contributed by atoms with Gasteiger partial charge in [0.2, 0.25) is 0 Å². The molecule has 0 aliphatic carbocycles. The van der Waals surface area contributed by atoms with Crippen molar-refractivity contribution in [3.05, 3.63) is 23.0 Å². The maximum Gasteiger partial charge on any atom is 0.268 e. The number of pyridine rings is 1. The van der Waals surface area contributed by atoms with Crippen molar-refractivity contribution < 1.29 is 18.3 Å². The predicted molar refractivity (Wildman–Crippen MR) is 45.8 cm³/mol. The molecular formula is C9H6F2N2O2. The van der Waals surface area contributed by atoms with Gasteiger partial charge in [-0.15, -0.1) is 0 Å². The zero-order chi connectivity index (χ0) is 11.4. The molecule has 0 saturated carbocycles. The van der Waals surface area contributed by atoms with E-state index in [4.69, 9.17) is 5.26 Å². The van der Waals surface area contributed by atoms with Gasteiger partial charge in [0, 0.05) is 0 Å². The third-order valence-corrected chi connectivity index (χ3v) is 1.78. The van der Waals surface area contributed by atoms with Crippen molar-refractivity contribution >= 4 is 6.29 Å². The Morgan fingerprint density at radius 1 is 1.67 bits per heavy atom. The van der Waals surface area contributed by atoms with Gasteiger partial charge in [-0.2, -0.15) is 5.26 Å². The van der Waals surface area contributed by atoms with Gasteiger partial charge in [0.1, 0.15) is 11.8 Å². The number of nitriles is 1. The molecule has 0 atom stereocenters. The summed E-state index contributed by atoms with van der Waals surface area (Å²) < 4.78 is 29.8. The number of nitrogens with zero attached hydrogens (tertiary/aromatic N) is 2.